The van der Waals surface area contributed by atoms with Gasteiger partial charge in [-0.15, -0.1) is 0 Å². The van der Waals surface area contributed by atoms with Gasteiger partial charge in [-0.3, -0.25) is 4.79 Å². The second-order valence-corrected chi connectivity index (χ2v) is 4.39. The number of fused-ring (bicyclic) bond motifs is 2. The van der Waals surface area contributed by atoms with Crippen molar-refractivity contribution < 1.29 is 4.79 Å². The van der Waals surface area contributed by atoms with Gasteiger partial charge in [-0.05, 0) is 30.2 Å². The van der Waals surface area contributed by atoms with Crippen LogP contribution < -0.4 is 4.90 Å². The molecule has 1 aromatic heterocycles. The minimum atomic E-state index is 0.133. The van der Waals surface area contributed by atoms with Crippen molar-refractivity contribution in [3.05, 3.63) is 30.0 Å². The fourth-order valence-corrected chi connectivity index (χ4v) is 2.48. The Hall–Kier alpha value is -1.77. The highest BCUT2D eigenvalue weighted by atomic mass is 16.2. The summed E-state index contributed by atoms with van der Waals surface area (Å²) in [6, 6.07) is 6.42. The molecule has 1 aromatic carbocycles. The molecule has 3 nitrogen and oxygen atoms in total. The molecular weight excluding hydrogens is 200 g/mol. The van der Waals surface area contributed by atoms with Crippen LogP contribution in [0.3, 0.4) is 0 Å². The van der Waals surface area contributed by atoms with E-state index in [9.17, 15) is 4.79 Å². The first-order chi connectivity index (χ1) is 7.66. The zero-order chi connectivity index (χ0) is 11.3. The third-order valence-electron chi connectivity index (χ3n) is 3.36. The number of hydrogen-bond acceptors (Lipinski definition) is 1. The van der Waals surface area contributed by atoms with Gasteiger partial charge in [0.05, 0.1) is 0 Å². The summed E-state index contributed by atoms with van der Waals surface area (Å²) in [4.78, 5) is 13.3. The van der Waals surface area contributed by atoms with Gasteiger partial charge in [0.15, 0.2) is 0 Å². The molecule has 0 atom stereocenters. The van der Waals surface area contributed by atoms with Crippen LogP contribution in [0.25, 0.3) is 10.9 Å². The third kappa shape index (κ3) is 1.18. The second-order valence-electron chi connectivity index (χ2n) is 4.39. The van der Waals surface area contributed by atoms with Crippen LogP contribution in [0.15, 0.2) is 24.4 Å². The molecule has 1 aliphatic rings. The van der Waals surface area contributed by atoms with Crippen LogP contribution >= 0.6 is 0 Å². The molecule has 0 saturated heterocycles. The fraction of sp³-hybridized carbons (Fsp3) is 0.308. The number of nitrogens with zero attached hydrogens (tertiary/aromatic N) is 2. The number of benzene rings is 1. The highest BCUT2D eigenvalue weighted by Gasteiger charge is 2.22. The Morgan fingerprint density at radius 2 is 2.19 bits per heavy atom. The molecule has 2 aromatic rings. The smallest absolute Gasteiger partial charge is 0.223 e. The number of aryl methyl sites for hydroxylation is 1. The second kappa shape index (κ2) is 3.11. The van der Waals surface area contributed by atoms with Crippen molar-refractivity contribution in [2.45, 2.75) is 13.3 Å². The molecule has 82 valence electrons. The summed E-state index contributed by atoms with van der Waals surface area (Å²) in [6.45, 7) is 2.45. The fourth-order valence-electron chi connectivity index (χ4n) is 2.48. The lowest BCUT2D eigenvalue weighted by Gasteiger charge is -2.14. The quantitative estimate of drug-likeness (QED) is 0.659. The number of aromatic nitrogens is 1. The lowest BCUT2D eigenvalue weighted by Crippen LogP contribution is -2.25. The van der Waals surface area contributed by atoms with Gasteiger partial charge in [0, 0.05) is 43.3 Å². The van der Waals surface area contributed by atoms with Gasteiger partial charge in [0.25, 0.3) is 0 Å². The van der Waals surface area contributed by atoms with Crippen LogP contribution in [0.1, 0.15) is 12.5 Å². The van der Waals surface area contributed by atoms with Gasteiger partial charge in [0.1, 0.15) is 0 Å². The standard InChI is InChI=1S/C13H14N2O/c1-9(16)15-6-4-11-7-12-10(8-13(11)15)3-5-14(12)2/h3,5,7-8H,4,6H2,1-2H3. The molecule has 16 heavy (non-hydrogen) atoms. The molecule has 1 amide bonds. The summed E-state index contributed by atoms with van der Waals surface area (Å²) in [6.07, 6.45) is 3.02. The maximum absolute atomic E-state index is 11.5. The zero-order valence-corrected chi connectivity index (χ0v) is 9.53. The first-order valence-electron chi connectivity index (χ1n) is 5.53. The molecule has 3 rings (SSSR count). The van der Waals surface area contributed by atoms with E-state index in [0.717, 1.165) is 18.7 Å². The Balaban J connectivity index is 2.23. The Bertz CT molecular complexity index is 583. The molecule has 0 aliphatic carbocycles. The first kappa shape index (κ1) is 9.46. The number of anilines is 1. The van der Waals surface area contributed by atoms with E-state index in [-0.39, 0.29) is 5.91 Å². The third-order valence-corrected chi connectivity index (χ3v) is 3.36. The molecule has 0 bridgehead atoms. The maximum atomic E-state index is 11.5. The zero-order valence-electron chi connectivity index (χ0n) is 9.53. The van der Waals surface area contributed by atoms with Crippen molar-refractivity contribution in [2.24, 2.45) is 7.05 Å². The minimum absolute atomic E-state index is 0.133. The van der Waals surface area contributed by atoms with Gasteiger partial charge < -0.3 is 9.47 Å². The highest BCUT2D eigenvalue weighted by molar-refractivity contribution is 5.97. The largest absolute Gasteiger partial charge is 0.351 e. The predicted molar refractivity (Wildman–Crippen MR) is 64.7 cm³/mol. The number of amides is 1. The number of hydrogen-bond donors (Lipinski definition) is 0. The SMILES string of the molecule is CC(=O)N1CCc2cc3c(ccn3C)cc21. The van der Waals surface area contributed by atoms with Crippen LogP contribution in [0.4, 0.5) is 5.69 Å². The maximum Gasteiger partial charge on any atom is 0.223 e. The molecule has 0 spiro atoms. The Morgan fingerprint density at radius 1 is 1.38 bits per heavy atom. The minimum Gasteiger partial charge on any atom is -0.351 e. The van der Waals surface area contributed by atoms with Crippen LogP contribution in [0, 0.1) is 0 Å². The van der Waals surface area contributed by atoms with E-state index in [2.05, 4.69) is 29.0 Å². The molecule has 3 heteroatoms. The summed E-state index contributed by atoms with van der Waals surface area (Å²) >= 11 is 0. The van der Waals surface area contributed by atoms with Crippen molar-refractivity contribution in [1.29, 1.82) is 0 Å². The first-order valence-corrected chi connectivity index (χ1v) is 5.53. The molecule has 0 unspecified atom stereocenters. The topological polar surface area (TPSA) is 25.2 Å². The number of carbonyl (C=O) groups excluding carboxylic acids is 1. The molecule has 0 saturated carbocycles. The van der Waals surface area contributed by atoms with Crippen LogP contribution in [-0.4, -0.2) is 17.0 Å². The van der Waals surface area contributed by atoms with Crippen molar-refractivity contribution in [1.82, 2.24) is 4.57 Å². The van der Waals surface area contributed by atoms with E-state index in [1.807, 2.05) is 11.9 Å². The predicted octanol–water partition coefficient (Wildman–Crippen LogP) is 2.09. The van der Waals surface area contributed by atoms with E-state index >= 15 is 0 Å². The average Bonchev–Trinajstić information content (AvgIpc) is 2.80. The lowest BCUT2D eigenvalue weighted by molar-refractivity contribution is -0.116. The molecular formula is C13H14N2O. The molecule has 0 N–H and O–H groups in total. The number of rotatable bonds is 0. The Morgan fingerprint density at radius 3 is 2.94 bits per heavy atom. The lowest BCUT2D eigenvalue weighted by atomic mass is 10.1. The van der Waals surface area contributed by atoms with Crippen molar-refractivity contribution in [3.63, 3.8) is 0 Å². The summed E-state index contributed by atoms with van der Waals surface area (Å²) in [7, 11) is 2.05. The van der Waals surface area contributed by atoms with Crippen LogP contribution in [0.5, 0.6) is 0 Å². The summed E-state index contributed by atoms with van der Waals surface area (Å²) in [5.41, 5.74) is 3.61. The van der Waals surface area contributed by atoms with Gasteiger partial charge >= 0.3 is 0 Å². The van der Waals surface area contributed by atoms with E-state index in [4.69, 9.17) is 0 Å². The summed E-state index contributed by atoms with van der Waals surface area (Å²) in [5.74, 6) is 0.133. The van der Waals surface area contributed by atoms with E-state index < -0.39 is 0 Å². The molecule has 1 aliphatic heterocycles. The molecule has 0 radical (unpaired) electrons. The van der Waals surface area contributed by atoms with Crippen molar-refractivity contribution in [2.75, 3.05) is 11.4 Å². The summed E-state index contributed by atoms with van der Waals surface area (Å²) < 4.78 is 2.12. The van der Waals surface area contributed by atoms with Crippen molar-refractivity contribution in [3.8, 4) is 0 Å². The van der Waals surface area contributed by atoms with Crippen LogP contribution in [0.2, 0.25) is 0 Å². The van der Waals surface area contributed by atoms with Crippen molar-refractivity contribution >= 4 is 22.5 Å². The van der Waals surface area contributed by atoms with Gasteiger partial charge in [-0.1, -0.05) is 0 Å². The average molecular weight is 214 g/mol. The Labute approximate surface area is 94.3 Å². The van der Waals surface area contributed by atoms with E-state index in [1.165, 1.54) is 16.5 Å². The van der Waals surface area contributed by atoms with Crippen LogP contribution in [-0.2, 0) is 18.3 Å². The van der Waals surface area contributed by atoms with E-state index in [1.54, 1.807) is 6.92 Å². The molecule has 2 heterocycles. The van der Waals surface area contributed by atoms with E-state index in [0.29, 0.717) is 0 Å². The van der Waals surface area contributed by atoms with Gasteiger partial charge in [-0.2, -0.15) is 0 Å². The summed E-state index contributed by atoms with van der Waals surface area (Å²) in [5, 5.41) is 1.20. The monoisotopic (exact) mass is 214 g/mol. The Kier molecular flexibility index (Phi) is 1.84. The molecule has 0 fully saturated rings. The van der Waals surface area contributed by atoms with Gasteiger partial charge in [0.2, 0.25) is 5.91 Å². The van der Waals surface area contributed by atoms with Gasteiger partial charge in [-0.25, -0.2) is 0 Å². The highest BCUT2D eigenvalue weighted by Crippen LogP contribution is 2.32. The normalized spacial score (nSPS) is 14.5. The number of carbonyl (C=O) groups is 1.